The van der Waals surface area contributed by atoms with Crippen molar-refractivity contribution in [3.63, 3.8) is 0 Å². The Labute approximate surface area is 92.8 Å². The van der Waals surface area contributed by atoms with E-state index in [1.165, 1.54) is 0 Å². The highest BCUT2D eigenvalue weighted by atomic mass is 32.1. The summed E-state index contributed by atoms with van der Waals surface area (Å²) in [6.45, 7) is 0.410. The second-order valence-electron chi connectivity index (χ2n) is 3.34. The zero-order chi connectivity index (χ0) is 11.4. The Kier molecular flexibility index (Phi) is 5.27. The molecule has 1 heterocycles. The van der Waals surface area contributed by atoms with Crippen molar-refractivity contribution >= 4 is 12.6 Å². The van der Waals surface area contributed by atoms with Gasteiger partial charge >= 0.3 is 0 Å². The summed E-state index contributed by atoms with van der Waals surface area (Å²) in [5.74, 6) is 0.524. The maximum Gasteiger partial charge on any atom is 0.184 e. The summed E-state index contributed by atoms with van der Waals surface area (Å²) < 4.78 is 9.93. The lowest BCUT2D eigenvalue weighted by Gasteiger charge is -2.38. The number of hydrogen-bond acceptors (Lipinski definition) is 7. The second kappa shape index (κ2) is 6.00. The first-order chi connectivity index (χ1) is 7.07. The van der Waals surface area contributed by atoms with Gasteiger partial charge < -0.3 is 29.9 Å². The molecule has 0 saturated carbocycles. The highest BCUT2D eigenvalue weighted by Crippen LogP contribution is 2.19. The van der Waals surface area contributed by atoms with Crippen molar-refractivity contribution in [3.05, 3.63) is 0 Å². The summed E-state index contributed by atoms with van der Waals surface area (Å²) in [6.07, 6.45) is -6.56. The van der Waals surface area contributed by atoms with E-state index < -0.39 is 30.7 Å². The van der Waals surface area contributed by atoms with E-state index in [0.29, 0.717) is 12.4 Å². The minimum absolute atomic E-state index is 0.0303. The Morgan fingerprint density at radius 2 is 1.73 bits per heavy atom. The normalized spacial score (nSPS) is 41.8. The van der Waals surface area contributed by atoms with Crippen LogP contribution in [0.25, 0.3) is 0 Å². The van der Waals surface area contributed by atoms with Gasteiger partial charge in [0.2, 0.25) is 0 Å². The summed E-state index contributed by atoms with van der Waals surface area (Å²) >= 11 is 3.92. The van der Waals surface area contributed by atoms with Gasteiger partial charge in [-0.1, -0.05) is 0 Å². The topological polar surface area (TPSA) is 99.4 Å². The van der Waals surface area contributed by atoms with Gasteiger partial charge in [0, 0.05) is 5.75 Å². The van der Waals surface area contributed by atoms with E-state index in [2.05, 4.69) is 12.6 Å². The molecule has 5 atom stereocenters. The third kappa shape index (κ3) is 3.28. The molecule has 0 spiro atoms. The molecule has 0 amide bonds. The van der Waals surface area contributed by atoms with Gasteiger partial charge in [-0.3, -0.25) is 0 Å². The first-order valence-corrected chi connectivity index (χ1v) is 5.27. The molecule has 1 aliphatic rings. The van der Waals surface area contributed by atoms with Crippen molar-refractivity contribution in [2.75, 3.05) is 19.0 Å². The Morgan fingerprint density at radius 3 is 2.33 bits per heavy atom. The summed E-state index contributed by atoms with van der Waals surface area (Å²) in [7, 11) is 0. The Morgan fingerprint density at radius 1 is 1.07 bits per heavy atom. The lowest BCUT2D eigenvalue weighted by Crippen LogP contribution is -2.58. The Hall–Kier alpha value is 0.110. The molecule has 15 heavy (non-hydrogen) atoms. The van der Waals surface area contributed by atoms with Crippen molar-refractivity contribution in [1.82, 2.24) is 0 Å². The van der Waals surface area contributed by atoms with Gasteiger partial charge in [0.1, 0.15) is 24.4 Å². The molecule has 1 aliphatic heterocycles. The fourth-order valence-corrected chi connectivity index (χ4v) is 1.46. The zero-order valence-electron chi connectivity index (χ0n) is 8.06. The van der Waals surface area contributed by atoms with Crippen LogP contribution in [0.4, 0.5) is 0 Å². The number of hydrogen-bond donors (Lipinski definition) is 5. The van der Waals surface area contributed by atoms with Crippen LogP contribution in [-0.4, -0.2) is 70.1 Å². The second-order valence-corrected chi connectivity index (χ2v) is 3.78. The molecule has 1 rings (SSSR count). The SMILES string of the molecule is OC1O[C@@H](COCCS)[C@@H](O)C(O)[C@@H]1O. The van der Waals surface area contributed by atoms with Crippen molar-refractivity contribution in [2.24, 2.45) is 0 Å². The highest BCUT2D eigenvalue weighted by Gasteiger charge is 2.42. The van der Waals surface area contributed by atoms with Gasteiger partial charge in [0.25, 0.3) is 0 Å². The molecule has 0 radical (unpaired) electrons. The number of aliphatic hydroxyl groups excluding tert-OH is 4. The van der Waals surface area contributed by atoms with E-state index in [4.69, 9.17) is 14.6 Å². The van der Waals surface area contributed by atoms with E-state index in [1.807, 2.05) is 0 Å². The molecule has 0 bridgehead atoms. The van der Waals surface area contributed by atoms with E-state index >= 15 is 0 Å². The van der Waals surface area contributed by atoms with Gasteiger partial charge in [0.15, 0.2) is 6.29 Å². The minimum atomic E-state index is -1.51. The molecule has 4 N–H and O–H groups in total. The predicted octanol–water partition coefficient (Wildman–Crippen LogP) is -2.27. The smallest absolute Gasteiger partial charge is 0.184 e. The third-order valence-corrected chi connectivity index (χ3v) is 2.39. The maximum absolute atomic E-state index is 9.48. The highest BCUT2D eigenvalue weighted by molar-refractivity contribution is 7.80. The van der Waals surface area contributed by atoms with Crippen molar-refractivity contribution in [1.29, 1.82) is 0 Å². The summed E-state index contributed by atoms with van der Waals surface area (Å²) in [5, 5.41) is 37.2. The molecular formula is C8H16O6S. The minimum Gasteiger partial charge on any atom is -0.387 e. The molecule has 0 aromatic carbocycles. The quantitative estimate of drug-likeness (QED) is 0.281. The van der Waals surface area contributed by atoms with Crippen LogP contribution in [0, 0.1) is 0 Å². The van der Waals surface area contributed by atoms with Crippen LogP contribution in [0.15, 0.2) is 0 Å². The molecule has 0 aromatic rings. The first kappa shape index (κ1) is 13.2. The monoisotopic (exact) mass is 240 g/mol. The third-order valence-electron chi connectivity index (χ3n) is 2.20. The van der Waals surface area contributed by atoms with Crippen LogP contribution in [0.1, 0.15) is 0 Å². The molecule has 0 aromatic heterocycles. The van der Waals surface area contributed by atoms with Gasteiger partial charge in [-0.25, -0.2) is 0 Å². The Balaban J connectivity index is 2.43. The summed E-state index contributed by atoms with van der Waals surface area (Å²) in [4.78, 5) is 0. The van der Waals surface area contributed by atoms with Crippen molar-refractivity contribution in [2.45, 2.75) is 30.7 Å². The molecule has 90 valence electrons. The molecule has 1 fully saturated rings. The maximum atomic E-state index is 9.48. The average Bonchev–Trinajstić information content (AvgIpc) is 2.23. The number of aliphatic hydroxyl groups is 4. The summed E-state index contributed by atoms with van der Waals surface area (Å²) in [6, 6.07) is 0. The molecular weight excluding hydrogens is 224 g/mol. The lowest BCUT2D eigenvalue weighted by atomic mass is 9.99. The van der Waals surface area contributed by atoms with E-state index in [-0.39, 0.29) is 6.61 Å². The van der Waals surface area contributed by atoms with E-state index in [1.54, 1.807) is 0 Å². The van der Waals surface area contributed by atoms with Crippen LogP contribution in [-0.2, 0) is 9.47 Å². The van der Waals surface area contributed by atoms with Gasteiger partial charge in [-0.2, -0.15) is 12.6 Å². The molecule has 0 aliphatic carbocycles. The van der Waals surface area contributed by atoms with Gasteiger partial charge in [-0.15, -0.1) is 0 Å². The Bertz CT molecular complexity index is 192. The standard InChI is InChI=1S/C8H16O6S/c9-5-4(3-13-1-2-15)14-8(12)7(11)6(5)10/h4-12,15H,1-3H2/t4-,5+,6?,7-,8?/m0/s1. The van der Waals surface area contributed by atoms with E-state index in [0.717, 1.165) is 0 Å². The van der Waals surface area contributed by atoms with Crippen LogP contribution >= 0.6 is 12.6 Å². The number of thiol groups is 1. The van der Waals surface area contributed by atoms with Crippen LogP contribution < -0.4 is 0 Å². The lowest BCUT2D eigenvalue weighted by molar-refractivity contribution is -0.288. The van der Waals surface area contributed by atoms with Crippen molar-refractivity contribution in [3.8, 4) is 0 Å². The number of ether oxygens (including phenoxy) is 2. The summed E-state index contributed by atoms with van der Waals surface area (Å²) in [5.41, 5.74) is 0. The average molecular weight is 240 g/mol. The van der Waals surface area contributed by atoms with Crippen LogP contribution in [0.3, 0.4) is 0 Å². The van der Waals surface area contributed by atoms with E-state index in [9.17, 15) is 15.3 Å². The van der Waals surface area contributed by atoms with Gasteiger partial charge in [-0.05, 0) is 0 Å². The molecule has 6 nitrogen and oxygen atoms in total. The zero-order valence-corrected chi connectivity index (χ0v) is 8.96. The van der Waals surface area contributed by atoms with Crippen molar-refractivity contribution < 1.29 is 29.9 Å². The first-order valence-electron chi connectivity index (χ1n) is 4.64. The largest absolute Gasteiger partial charge is 0.387 e. The fraction of sp³-hybridized carbons (Fsp3) is 1.00. The molecule has 1 saturated heterocycles. The number of rotatable bonds is 4. The molecule has 2 unspecified atom stereocenters. The predicted molar refractivity (Wildman–Crippen MR) is 53.6 cm³/mol. The fourth-order valence-electron chi connectivity index (χ4n) is 1.33. The van der Waals surface area contributed by atoms with Crippen LogP contribution in [0.2, 0.25) is 0 Å². The van der Waals surface area contributed by atoms with Gasteiger partial charge in [0.05, 0.1) is 13.2 Å². The molecule has 7 heteroatoms. The van der Waals surface area contributed by atoms with Crippen LogP contribution in [0.5, 0.6) is 0 Å².